The molecule has 4 rings (SSSR count). The molecule has 1 aliphatic rings. The van der Waals surface area contributed by atoms with Gasteiger partial charge >= 0.3 is 5.69 Å². The summed E-state index contributed by atoms with van der Waals surface area (Å²) in [4.78, 5) is 28.3. The van der Waals surface area contributed by atoms with Crippen LogP contribution in [-0.4, -0.2) is 55.3 Å². The quantitative estimate of drug-likeness (QED) is 0.614. The second-order valence-electron chi connectivity index (χ2n) is 6.87. The Bertz CT molecular complexity index is 1100. The van der Waals surface area contributed by atoms with Gasteiger partial charge in [-0.15, -0.1) is 10.2 Å². The molecule has 1 saturated heterocycles. The highest BCUT2D eigenvalue weighted by molar-refractivity contribution is 5.45. The van der Waals surface area contributed by atoms with E-state index < -0.39 is 0 Å². The highest BCUT2D eigenvalue weighted by Crippen LogP contribution is 2.17. The zero-order chi connectivity index (χ0) is 19.8. The van der Waals surface area contributed by atoms with Crippen LogP contribution in [0.4, 0.5) is 11.6 Å². The van der Waals surface area contributed by atoms with Crippen LogP contribution in [0.3, 0.4) is 0 Å². The topological polar surface area (TPSA) is 94.1 Å². The molecular formula is C18H22N8O2. The van der Waals surface area contributed by atoms with E-state index in [0.717, 1.165) is 29.2 Å². The first-order valence-electron chi connectivity index (χ1n) is 9.07. The fourth-order valence-corrected chi connectivity index (χ4v) is 3.34. The van der Waals surface area contributed by atoms with Crippen molar-refractivity contribution in [2.24, 2.45) is 14.1 Å². The standard InChI is InChI=1S/C18H22N8O2/c1-13-6-7-26(21-13)15-5-4-14(19-20-15)24-8-10-25(11-9-24)16-12-17(27)23(3)18(28)22(16)2/h4-7,12H,8-11H2,1-3H3. The first-order chi connectivity index (χ1) is 13.4. The van der Waals surface area contributed by atoms with E-state index in [1.54, 1.807) is 11.7 Å². The number of aryl methyl sites for hydroxylation is 1. The smallest absolute Gasteiger partial charge is 0.332 e. The lowest BCUT2D eigenvalue weighted by atomic mass is 10.3. The molecule has 10 nitrogen and oxygen atoms in total. The molecule has 0 unspecified atom stereocenters. The van der Waals surface area contributed by atoms with Gasteiger partial charge in [-0.25, -0.2) is 9.48 Å². The van der Waals surface area contributed by atoms with Crippen molar-refractivity contribution in [2.45, 2.75) is 6.92 Å². The highest BCUT2D eigenvalue weighted by atomic mass is 16.2. The van der Waals surface area contributed by atoms with Gasteiger partial charge in [-0.05, 0) is 25.1 Å². The number of aromatic nitrogens is 6. The molecule has 0 aliphatic carbocycles. The predicted octanol–water partition coefficient (Wildman–Crippen LogP) is -0.305. The van der Waals surface area contributed by atoms with Gasteiger partial charge in [0.2, 0.25) is 0 Å². The van der Waals surface area contributed by atoms with Crippen LogP contribution in [0.2, 0.25) is 0 Å². The summed E-state index contributed by atoms with van der Waals surface area (Å²) < 4.78 is 4.32. The fraction of sp³-hybridized carbons (Fsp3) is 0.389. The summed E-state index contributed by atoms with van der Waals surface area (Å²) >= 11 is 0. The van der Waals surface area contributed by atoms with E-state index in [0.29, 0.717) is 24.7 Å². The molecule has 0 N–H and O–H groups in total. The lowest BCUT2D eigenvalue weighted by Crippen LogP contribution is -2.49. The summed E-state index contributed by atoms with van der Waals surface area (Å²) in [7, 11) is 3.17. The third-order valence-electron chi connectivity index (χ3n) is 5.02. The van der Waals surface area contributed by atoms with Crippen molar-refractivity contribution >= 4 is 11.6 Å². The molecule has 28 heavy (non-hydrogen) atoms. The first-order valence-corrected chi connectivity index (χ1v) is 9.07. The molecule has 0 bridgehead atoms. The normalized spacial score (nSPS) is 14.5. The Labute approximate surface area is 161 Å². The summed E-state index contributed by atoms with van der Waals surface area (Å²) in [5.74, 6) is 2.11. The number of rotatable bonds is 3. The highest BCUT2D eigenvalue weighted by Gasteiger charge is 2.21. The molecule has 0 saturated carbocycles. The van der Waals surface area contributed by atoms with Crippen molar-refractivity contribution in [3.05, 3.63) is 57.0 Å². The van der Waals surface area contributed by atoms with E-state index in [9.17, 15) is 9.59 Å². The maximum atomic E-state index is 12.2. The van der Waals surface area contributed by atoms with Crippen LogP contribution in [0.5, 0.6) is 0 Å². The van der Waals surface area contributed by atoms with Crippen molar-refractivity contribution in [3.8, 4) is 5.82 Å². The lowest BCUT2D eigenvalue weighted by molar-refractivity contribution is 0.605. The Morgan fingerprint density at radius 2 is 1.50 bits per heavy atom. The average Bonchev–Trinajstić information content (AvgIpc) is 3.16. The minimum atomic E-state index is -0.319. The van der Waals surface area contributed by atoms with Gasteiger partial charge in [-0.3, -0.25) is 13.9 Å². The van der Waals surface area contributed by atoms with E-state index in [-0.39, 0.29) is 11.2 Å². The number of anilines is 2. The summed E-state index contributed by atoms with van der Waals surface area (Å²) in [5, 5.41) is 12.9. The van der Waals surface area contributed by atoms with Crippen molar-refractivity contribution in [1.29, 1.82) is 0 Å². The van der Waals surface area contributed by atoms with Gasteiger partial charge in [-0.1, -0.05) is 0 Å². The Balaban J connectivity index is 1.47. The summed E-state index contributed by atoms with van der Waals surface area (Å²) in [6.45, 7) is 4.73. The maximum absolute atomic E-state index is 12.2. The number of nitrogens with zero attached hydrogens (tertiary/aromatic N) is 8. The van der Waals surface area contributed by atoms with Crippen LogP contribution < -0.4 is 21.0 Å². The van der Waals surface area contributed by atoms with Gasteiger partial charge in [0.25, 0.3) is 5.56 Å². The van der Waals surface area contributed by atoms with E-state index >= 15 is 0 Å². The number of piperazine rings is 1. The molecule has 0 amide bonds. The Hall–Kier alpha value is -3.43. The van der Waals surface area contributed by atoms with E-state index in [1.165, 1.54) is 17.7 Å². The van der Waals surface area contributed by atoms with Crippen LogP contribution >= 0.6 is 0 Å². The second-order valence-corrected chi connectivity index (χ2v) is 6.87. The maximum Gasteiger partial charge on any atom is 0.332 e. The van der Waals surface area contributed by atoms with Crippen LogP contribution in [0, 0.1) is 6.92 Å². The predicted molar refractivity (Wildman–Crippen MR) is 105 cm³/mol. The zero-order valence-corrected chi connectivity index (χ0v) is 16.1. The minimum Gasteiger partial charge on any atom is -0.354 e. The molecule has 1 fully saturated rings. The largest absolute Gasteiger partial charge is 0.354 e. The first kappa shape index (κ1) is 18.0. The fourth-order valence-electron chi connectivity index (χ4n) is 3.34. The van der Waals surface area contributed by atoms with Crippen molar-refractivity contribution in [1.82, 2.24) is 29.1 Å². The second kappa shape index (κ2) is 6.95. The van der Waals surface area contributed by atoms with Gasteiger partial charge in [0, 0.05) is 52.5 Å². The molecule has 0 atom stereocenters. The van der Waals surface area contributed by atoms with Crippen LogP contribution in [0.25, 0.3) is 5.82 Å². The van der Waals surface area contributed by atoms with Crippen LogP contribution in [-0.2, 0) is 14.1 Å². The summed E-state index contributed by atoms with van der Waals surface area (Å²) in [6, 6.07) is 7.26. The van der Waals surface area contributed by atoms with E-state index in [4.69, 9.17) is 0 Å². The van der Waals surface area contributed by atoms with Gasteiger partial charge in [-0.2, -0.15) is 5.10 Å². The molecular weight excluding hydrogens is 360 g/mol. The molecule has 0 aromatic carbocycles. The van der Waals surface area contributed by atoms with E-state index in [1.807, 2.05) is 36.2 Å². The summed E-state index contributed by atoms with van der Waals surface area (Å²) in [5.41, 5.74) is 0.309. The molecule has 10 heteroatoms. The molecule has 4 heterocycles. The molecule has 3 aromatic rings. The lowest BCUT2D eigenvalue weighted by Gasteiger charge is -2.36. The molecule has 0 radical (unpaired) electrons. The molecule has 0 spiro atoms. The molecule has 1 aliphatic heterocycles. The number of hydrogen-bond donors (Lipinski definition) is 0. The van der Waals surface area contributed by atoms with Crippen molar-refractivity contribution in [2.75, 3.05) is 36.0 Å². The Morgan fingerprint density at radius 1 is 0.857 bits per heavy atom. The monoisotopic (exact) mass is 382 g/mol. The van der Waals surface area contributed by atoms with Gasteiger partial charge in [0.15, 0.2) is 11.6 Å². The van der Waals surface area contributed by atoms with Crippen LogP contribution in [0.1, 0.15) is 5.69 Å². The third kappa shape index (κ3) is 3.17. The Kier molecular flexibility index (Phi) is 4.46. The van der Waals surface area contributed by atoms with Crippen molar-refractivity contribution in [3.63, 3.8) is 0 Å². The minimum absolute atomic E-state index is 0.296. The van der Waals surface area contributed by atoms with Gasteiger partial charge in [0.05, 0.1) is 5.69 Å². The molecule has 146 valence electrons. The van der Waals surface area contributed by atoms with E-state index in [2.05, 4.69) is 20.2 Å². The third-order valence-corrected chi connectivity index (χ3v) is 5.02. The average molecular weight is 382 g/mol. The SMILES string of the molecule is Cc1ccn(-c2ccc(N3CCN(c4cc(=O)n(C)c(=O)n4C)CC3)nn2)n1. The summed E-state index contributed by atoms with van der Waals surface area (Å²) in [6.07, 6.45) is 1.85. The van der Waals surface area contributed by atoms with Crippen molar-refractivity contribution < 1.29 is 0 Å². The zero-order valence-electron chi connectivity index (χ0n) is 16.1. The molecule has 3 aromatic heterocycles. The van der Waals surface area contributed by atoms with Crippen LogP contribution in [0.15, 0.2) is 40.1 Å². The number of hydrogen-bond acceptors (Lipinski definition) is 7. The van der Waals surface area contributed by atoms with Gasteiger partial charge in [0.1, 0.15) is 5.82 Å². The Morgan fingerprint density at radius 3 is 2.11 bits per heavy atom. The van der Waals surface area contributed by atoms with Gasteiger partial charge < -0.3 is 9.80 Å².